The van der Waals surface area contributed by atoms with Gasteiger partial charge in [0.25, 0.3) is 0 Å². The van der Waals surface area contributed by atoms with Crippen molar-refractivity contribution in [3.05, 3.63) is 42.7 Å². The molecule has 0 fully saturated rings. The molecule has 0 atom stereocenters. The fourth-order valence-corrected chi connectivity index (χ4v) is 2.15. The van der Waals surface area contributed by atoms with Crippen LogP contribution < -0.4 is 5.32 Å². The highest BCUT2D eigenvalue weighted by Crippen LogP contribution is 2.29. The van der Waals surface area contributed by atoms with E-state index in [0.717, 1.165) is 16.7 Å². The molecule has 0 radical (unpaired) electrons. The maximum Gasteiger partial charge on any atom is 0.231 e. The van der Waals surface area contributed by atoms with Crippen molar-refractivity contribution in [1.82, 2.24) is 9.97 Å². The van der Waals surface area contributed by atoms with Crippen molar-refractivity contribution in [1.29, 1.82) is 0 Å². The number of fused-ring (bicyclic) bond motifs is 1. The number of hydrogen-bond acceptors (Lipinski definition) is 6. The highest BCUT2D eigenvalue weighted by atomic mass is 16.5. The molecule has 3 aromatic rings. The molecule has 6 nitrogen and oxygen atoms in total. The number of benzene rings is 1. The lowest BCUT2D eigenvalue weighted by Gasteiger charge is -2.05. The first-order valence-corrected chi connectivity index (χ1v) is 7.11. The van der Waals surface area contributed by atoms with Crippen LogP contribution in [0.1, 0.15) is 0 Å². The monoisotopic (exact) mass is 299 g/mol. The molecule has 0 bridgehead atoms. The topological polar surface area (TPSA) is 80.4 Å². The van der Waals surface area contributed by atoms with E-state index in [0.29, 0.717) is 31.3 Å². The molecular formula is C16H17N3O3. The van der Waals surface area contributed by atoms with Crippen LogP contribution in [0.4, 0.5) is 5.82 Å². The summed E-state index contributed by atoms with van der Waals surface area (Å²) in [6.45, 7) is 1.46. The Morgan fingerprint density at radius 2 is 2.00 bits per heavy atom. The van der Waals surface area contributed by atoms with Gasteiger partial charge in [-0.2, -0.15) is 0 Å². The first kappa shape index (κ1) is 14.5. The van der Waals surface area contributed by atoms with E-state index in [4.69, 9.17) is 14.3 Å². The summed E-state index contributed by atoms with van der Waals surface area (Å²) in [5.74, 6) is 1.47. The van der Waals surface area contributed by atoms with Crippen molar-refractivity contribution in [2.45, 2.75) is 0 Å². The van der Waals surface area contributed by atoms with E-state index in [2.05, 4.69) is 15.3 Å². The van der Waals surface area contributed by atoms with Gasteiger partial charge < -0.3 is 19.6 Å². The van der Waals surface area contributed by atoms with Gasteiger partial charge in [0.2, 0.25) is 5.71 Å². The van der Waals surface area contributed by atoms with E-state index in [1.807, 2.05) is 36.4 Å². The molecule has 0 aliphatic heterocycles. The molecule has 3 rings (SSSR count). The van der Waals surface area contributed by atoms with Gasteiger partial charge in [-0.05, 0) is 6.07 Å². The van der Waals surface area contributed by atoms with Crippen molar-refractivity contribution in [2.24, 2.45) is 0 Å². The Balaban J connectivity index is 1.78. The second-order valence-electron chi connectivity index (χ2n) is 4.68. The number of furan rings is 1. The number of nitrogens with zero attached hydrogens (tertiary/aromatic N) is 2. The lowest BCUT2D eigenvalue weighted by atomic mass is 10.2. The quantitative estimate of drug-likeness (QED) is 0.652. The fraction of sp³-hybridized carbons (Fsp3) is 0.250. The predicted molar refractivity (Wildman–Crippen MR) is 83.6 cm³/mol. The molecule has 2 N–H and O–H groups in total. The minimum absolute atomic E-state index is 0.0277. The van der Waals surface area contributed by atoms with Crippen LogP contribution in [0.3, 0.4) is 0 Å². The number of aliphatic hydroxyl groups is 1. The Morgan fingerprint density at radius 3 is 2.82 bits per heavy atom. The first-order chi connectivity index (χ1) is 10.9. The smallest absolute Gasteiger partial charge is 0.231 e. The van der Waals surface area contributed by atoms with Gasteiger partial charge >= 0.3 is 0 Å². The molecule has 6 heteroatoms. The van der Waals surface area contributed by atoms with Gasteiger partial charge in [0, 0.05) is 12.1 Å². The van der Waals surface area contributed by atoms with E-state index < -0.39 is 0 Å². The highest BCUT2D eigenvalue weighted by molar-refractivity contribution is 5.89. The second-order valence-corrected chi connectivity index (χ2v) is 4.68. The maximum atomic E-state index is 8.66. The molecule has 0 aliphatic rings. The van der Waals surface area contributed by atoms with E-state index >= 15 is 0 Å². The molecule has 0 saturated heterocycles. The number of nitrogens with one attached hydrogen (secondary N) is 1. The summed E-state index contributed by atoms with van der Waals surface area (Å²) in [5, 5.41) is 12.7. The van der Waals surface area contributed by atoms with Gasteiger partial charge in [-0.15, -0.1) is 0 Å². The van der Waals surface area contributed by atoms with Crippen molar-refractivity contribution < 1.29 is 14.3 Å². The predicted octanol–water partition coefficient (Wildman–Crippen LogP) is 2.31. The maximum absolute atomic E-state index is 8.66. The Morgan fingerprint density at radius 1 is 1.14 bits per heavy atom. The minimum Gasteiger partial charge on any atom is -0.438 e. The summed E-state index contributed by atoms with van der Waals surface area (Å²) < 4.78 is 11.0. The second kappa shape index (κ2) is 7.02. The van der Waals surface area contributed by atoms with Crippen LogP contribution in [-0.2, 0) is 4.74 Å². The van der Waals surface area contributed by atoms with Crippen LogP contribution in [0.5, 0.6) is 0 Å². The summed E-state index contributed by atoms with van der Waals surface area (Å²) in [5.41, 5.74) is 1.55. The standard InChI is InChI=1S/C16H17N3O3/c20-7-9-21-8-6-17-15-13-10-14(12-4-2-1-3-5-12)22-16(13)19-11-18-15/h1-5,10-11,20H,6-9H2,(H,17,18,19). The first-order valence-electron chi connectivity index (χ1n) is 7.11. The van der Waals surface area contributed by atoms with Gasteiger partial charge in [-0.1, -0.05) is 30.3 Å². The van der Waals surface area contributed by atoms with Gasteiger partial charge in [-0.25, -0.2) is 9.97 Å². The highest BCUT2D eigenvalue weighted by Gasteiger charge is 2.11. The number of hydrogen-bond donors (Lipinski definition) is 2. The number of anilines is 1. The molecule has 2 aromatic heterocycles. The van der Waals surface area contributed by atoms with Crippen LogP contribution in [0, 0.1) is 0 Å². The number of ether oxygens (including phenoxy) is 1. The molecule has 2 heterocycles. The Hall–Kier alpha value is -2.44. The number of rotatable bonds is 7. The SMILES string of the molecule is OCCOCCNc1ncnc2oc(-c3ccccc3)cc12. The molecule has 1 aromatic carbocycles. The van der Waals surface area contributed by atoms with Gasteiger partial charge in [0.15, 0.2) is 0 Å². The van der Waals surface area contributed by atoms with E-state index in [9.17, 15) is 0 Å². The summed E-state index contributed by atoms with van der Waals surface area (Å²) in [4.78, 5) is 8.41. The summed E-state index contributed by atoms with van der Waals surface area (Å²) in [6.07, 6.45) is 1.47. The largest absolute Gasteiger partial charge is 0.438 e. The normalized spacial score (nSPS) is 11.0. The summed E-state index contributed by atoms with van der Waals surface area (Å²) in [7, 11) is 0. The zero-order valence-corrected chi connectivity index (χ0v) is 12.0. The third-order valence-corrected chi connectivity index (χ3v) is 3.16. The van der Waals surface area contributed by atoms with Crippen molar-refractivity contribution >= 4 is 16.9 Å². The Kier molecular flexibility index (Phi) is 4.62. The molecule has 0 unspecified atom stereocenters. The lowest BCUT2D eigenvalue weighted by molar-refractivity contribution is 0.0992. The van der Waals surface area contributed by atoms with Crippen LogP contribution >= 0.6 is 0 Å². The Labute approximate surface area is 127 Å². The zero-order valence-electron chi connectivity index (χ0n) is 12.0. The molecule has 0 saturated carbocycles. The minimum atomic E-state index is 0.0277. The summed E-state index contributed by atoms with van der Waals surface area (Å²) in [6, 6.07) is 11.8. The molecule has 22 heavy (non-hydrogen) atoms. The summed E-state index contributed by atoms with van der Waals surface area (Å²) >= 11 is 0. The zero-order chi connectivity index (χ0) is 15.2. The third-order valence-electron chi connectivity index (χ3n) is 3.16. The molecular weight excluding hydrogens is 282 g/mol. The van der Waals surface area contributed by atoms with Crippen molar-refractivity contribution in [3.63, 3.8) is 0 Å². The molecule has 0 amide bonds. The van der Waals surface area contributed by atoms with Crippen LogP contribution in [0.15, 0.2) is 47.1 Å². The van der Waals surface area contributed by atoms with E-state index in [-0.39, 0.29) is 6.61 Å². The fourth-order valence-electron chi connectivity index (χ4n) is 2.15. The Bertz CT molecular complexity index is 728. The molecule has 114 valence electrons. The van der Waals surface area contributed by atoms with Crippen LogP contribution in [-0.4, -0.2) is 41.4 Å². The molecule has 0 spiro atoms. The number of aromatic nitrogens is 2. The lowest BCUT2D eigenvalue weighted by Crippen LogP contribution is -2.12. The third kappa shape index (κ3) is 3.24. The average Bonchev–Trinajstić information content (AvgIpc) is 3.00. The van der Waals surface area contributed by atoms with Crippen LogP contribution in [0.25, 0.3) is 22.4 Å². The van der Waals surface area contributed by atoms with Crippen molar-refractivity contribution in [3.8, 4) is 11.3 Å². The molecule has 0 aliphatic carbocycles. The van der Waals surface area contributed by atoms with Crippen LogP contribution in [0.2, 0.25) is 0 Å². The van der Waals surface area contributed by atoms with Gasteiger partial charge in [0.05, 0.1) is 25.2 Å². The van der Waals surface area contributed by atoms with E-state index in [1.54, 1.807) is 0 Å². The number of aliphatic hydroxyl groups excluding tert-OH is 1. The van der Waals surface area contributed by atoms with E-state index in [1.165, 1.54) is 6.33 Å². The van der Waals surface area contributed by atoms with Gasteiger partial charge in [0.1, 0.15) is 17.9 Å². The van der Waals surface area contributed by atoms with Crippen molar-refractivity contribution in [2.75, 3.05) is 31.7 Å². The van der Waals surface area contributed by atoms with Gasteiger partial charge in [-0.3, -0.25) is 0 Å². The average molecular weight is 299 g/mol.